The van der Waals surface area contributed by atoms with E-state index in [1.807, 2.05) is 11.8 Å². The van der Waals surface area contributed by atoms with Gasteiger partial charge in [-0.3, -0.25) is 0 Å². The SMILES string of the molecule is OCCCSCCN1CCCCC1. The van der Waals surface area contributed by atoms with Gasteiger partial charge in [0.15, 0.2) is 0 Å². The third kappa shape index (κ3) is 5.55. The molecule has 0 aromatic rings. The van der Waals surface area contributed by atoms with Crippen LogP contribution >= 0.6 is 11.8 Å². The summed E-state index contributed by atoms with van der Waals surface area (Å²) in [5.41, 5.74) is 0. The second-order valence-electron chi connectivity index (χ2n) is 3.59. The Bertz CT molecular complexity index is 115. The van der Waals surface area contributed by atoms with E-state index in [1.165, 1.54) is 44.6 Å². The summed E-state index contributed by atoms with van der Waals surface area (Å²) in [5, 5.41) is 8.59. The number of nitrogens with zero attached hydrogens (tertiary/aromatic N) is 1. The maximum Gasteiger partial charge on any atom is 0.0438 e. The normalized spacial score (nSPS) is 19.2. The van der Waals surface area contributed by atoms with E-state index < -0.39 is 0 Å². The van der Waals surface area contributed by atoms with Crippen molar-refractivity contribution in [3.8, 4) is 0 Å². The molecule has 0 radical (unpaired) electrons. The van der Waals surface area contributed by atoms with Gasteiger partial charge in [-0.05, 0) is 38.1 Å². The predicted octanol–water partition coefficient (Wildman–Crippen LogP) is 1.59. The van der Waals surface area contributed by atoms with Gasteiger partial charge in [0.1, 0.15) is 0 Å². The number of rotatable bonds is 6. The first-order chi connectivity index (χ1) is 6.43. The fourth-order valence-corrected chi connectivity index (χ4v) is 2.57. The van der Waals surface area contributed by atoms with Crippen LogP contribution in [0, 0.1) is 0 Å². The van der Waals surface area contributed by atoms with Gasteiger partial charge in [-0.15, -0.1) is 0 Å². The Labute approximate surface area is 85.7 Å². The topological polar surface area (TPSA) is 23.5 Å². The van der Waals surface area contributed by atoms with Crippen molar-refractivity contribution in [2.75, 3.05) is 37.7 Å². The Hall–Kier alpha value is 0.270. The van der Waals surface area contributed by atoms with Gasteiger partial charge in [0.2, 0.25) is 0 Å². The average Bonchev–Trinajstić information content (AvgIpc) is 2.19. The molecule has 1 saturated heterocycles. The Morgan fingerprint density at radius 3 is 2.54 bits per heavy atom. The predicted molar refractivity (Wildman–Crippen MR) is 59.3 cm³/mol. The van der Waals surface area contributed by atoms with E-state index >= 15 is 0 Å². The average molecular weight is 203 g/mol. The van der Waals surface area contributed by atoms with Crippen LogP contribution in [0.4, 0.5) is 0 Å². The van der Waals surface area contributed by atoms with Crippen molar-refractivity contribution in [2.24, 2.45) is 0 Å². The first-order valence-corrected chi connectivity index (χ1v) is 6.50. The summed E-state index contributed by atoms with van der Waals surface area (Å²) in [5.74, 6) is 2.35. The molecule has 0 aliphatic carbocycles. The molecule has 1 rings (SSSR count). The zero-order valence-corrected chi connectivity index (χ0v) is 9.19. The van der Waals surface area contributed by atoms with E-state index in [0.717, 1.165) is 12.2 Å². The highest BCUT2D eigenvalue weighted by Gasteiger charge is 2.08. The maximum atomic E-state index is 8.59. The number of hydrogen-bond acceptors (Lipinski definition) is 3. The van der Waals surface area contributed by atoms with Crippen LogP contribution in [0.3, 0.4) is 0 Å². The fourth-order valence-electron chi connectivity index (χ4n) is 1.65. The molecule has 1 fully saturated rings. The summed E-state index contributed by atoms with van der Waals surface area (Å²) >= 11 is 1.97. The molecular formula is C10H21NOS. The summed E-state index contributed by atoms with van der Waals surface area (Å²) < 4.78 is 0. The van der Waals surface area contributed by atoms with Gasteiger partial charge in [-0.1, -0.05) is 6.42 Å². The van der Waals surface area contributed by atoms with Crippen molar-refractivity contribution in [1.29, 1.82) is 0 Å². The lowest BCUT2D eigenvalue weighted by molar-refractivity contribution is 0.242. The van der Waals surface area contributed by atoms with Gasteiger partial charge in [0, 0.05) is 18.9 Å². The third-order valence-corrected chi connectivity index (χ3v) is 3.50. The zero-order chi connectivity index (χ0) is 9.36. The number of thioether (sulfide) groups is 1. The summed E-state index contributed by atoms with van der Waals surface area (Å²) in [6.07, 6.45) is 5.15. The number of aliphatic hydroxyl groups excluding tert-OH is 1. The molecule has 0 aromatic heterocycles. The molecule has 1 aliphatic heterocycles. The van der Waals surface area contributed by atoms with E-state index in [2.05, 4.69) is 4.90 Å². The van der Waals surface area contributed by atoms with E-state index in [9.17, 15) is 0 Å². The van der Waals surface area contributed by atoms with Crippen LogP contribution in [0.1, 0.15) is 25.7 Å². The molecule has 1 aliphatic rings. The van der Waals surface area contributed by atoms with Crippen LogP contribution in [-0.4, -0.2) is 47.8 Å². The first kappa shape index (κ1) is 11.3. The van der Waals surface area contributed by atoms with Gasteiger partial charge < -0.3 is 10.0 Å². The highest BCUT2D eigenvalue weighted by molar-refractivity contribution is 7.99. The minimum Gasteiger partial charge on any atom is -0.396 e. The van der Waals surface area contributed by atoms with Gasteiger partial charge >= 0.3 is 0 Å². The number of piperidine rings is 1. The standard InChI is InChI=1S/C10H21NOS/c12-8-4-9-13-10-7-11-5-2-1-3-6-11/h12H,1-10H2. The summed E-state index contributed by atoms with van der Waals surface area (Å²) in [6.45, 7) is 4.20. The summed E-state index contributed by atoms with van der Waals surface area (Å²) in [7, 11) is 0. The lowest BCUT2D eigenvalue weighted by Gasteiger charge is -2.26. The smallest absolute Gasteiger partial charge is 0.0438 e. The molecule has 0 atom stereocenters. The summed E-state index contributed by atoms with van der Waals surface area (Å²) in [6, 6.07) is 0. The minimum atomic E-state index is 0.344. The maximum absolute atomic E-state index is 8.59. The monoisotopic (exact) mass is 203 g/mol. The van der Waals surface area contributed by atoms with Crippen molar-refractivity contribution >= 4 is 11.8 Å². The van der Waals surface area contributed by atoms with E-state index in [4.69, 9.17) is 5.11 Å². The van der Waals surface area contributed by atoms with E-state index in [1.54, 1.807) is 0 Å². The van der Waals surface area contributed by atoms with Crippen LogP contribution in [-0.2, 0) is 0 Å². The molecule has 0 aromatic carbocycles. The van der Waals surface area contributed by atoms with Gasteiger partial charge in [-0.25, -0.2) is 0 Å². The van der Waals surface area contributed by atoms with Crippen LogP contribution in [0.5, 0.6) is 0 Å². The molecule has 0 bridgehead atoms. The largest absolute Gasteiger partial charge is 0.396 e. The highest BCUT2D eigenvalue weighted by Crippen LogP contribution is 2.10. The van der Waals surface area contributed by atoms with Crippen molar-refractivity contribution < 1.29 is 5.11 Å². The lowest BCUT2D eigenvalue weighted by atomic mass is 10.1. The van der Waals surface area contributed by atoms with Crippen LogP contribution in [0.2, 0.25) is 0 Å². The summed E-state index contributed by atoms with van der Waals surface area (Å²) in [4.78, 5) is 2.56. The minimum absolute atomic E-state index is 0.344. The number of likely N-dealkylation sites (tertiary alicyclic amines) is 1. The number of hydrogen-bond donors (Lipinski definition) is 1. The van der Waals surface area contributed by atoms with Crippen LogP contribution < -0.4 is 0 Å². The second-order valence-corrected chi connectivity index (χ2v) is 4.82. The molecule has 1 heterocycles. The second kappa shape index (κ2) is 7.65. The fraction of sp³-hybridized carbons (Fsp3) is 1.00. The first-order valence-electron chi connectivity index (χ1n) is 5.34. The highest BCUT2D eigenvalue weighted by atomic mass is 32.2. The van der Waals surface area contributed by atoms with Crippen molar-refractivity contribution in [1.82, 2.24) is 4.90 Å². The Morgan fingerprint density at radius 1 is 1.08 bits per heavy atom. The molecule has 0 amide bonds. The molecule has 2 nitrogen and oxygen atoms in total. The Balaban J connectivity index is 1.86. The van der Waals surface area contributed by atoms with Gasteiger partial charge in [0.25, 0.3) is 0 Å². The molecule has 3 heteroatoms. The molecule has 78 valence electrons. The molecule has 0 spiro atoms. The quantitative estimate of drug-likeness (QED) is 0.663. The third-order valence-electron chi connectivity index (χ3n) is 2.45. The lowest BCUT2D eigenvalue weighted by Crippen LogP contribution is -2.31. The van der Waals surface area contributed by atoms with Crippen LogP contribution in [0.25, 0.3) is 0 Å². The van der Waals surface area contributed by atoms with E-state index in [0.29, 0.717) is 6.61 Å². The molecule has 1 N–H and O–H groups in total. The molecular weight excluding hydrogens is 182 g/mol. The molecule has 0 saturated carbocycles. The van der Waals surface area contributed by atoms with Crippen molar-refractivity contribution in [2.45, 2.75) is 25.7 Å². The van der Waals surface area contributed by atoms with E-state index in [-0.39, 0.29) is 0 Å². The molecule has 13 heavy (non-hydrogen) atoms. The van der Waals surface area contributed by atoms with Gasteiger partial charge in [-0.2, -0.15) is 11.8 Å². The Kier molecular flexibility index (Phi) is 6.68. The van der Waals surface area contributed by atoms with Crippen molar-refractivity contribution in [3.63, 3.8) is 0 Å². The number of aliphatic hydroxyl groups is 1. The molecule has 0 unspecified atom stereocenters. The van der Waals surface area contributed by atoms with Crippen LogP contribution in [0.15, 0.2) is 0 Å². The van der Waals surface area contributed by atoms with Crippen molar-refractivity contribution in [3.05, 3.63) is 0 Å². The van der Waals surface area contributed by atoms with Gasteiger partial charge in [0.05, 0.1) is 0 Å². The Morgan fingerprint density at radius 2 is 1.85 bits per heavy atom. The zero-order valence-electron chi connectivity index (χ0n) is 8.37.